The molecule has 0 aliphatic heterocycles. The van der Waals surface area contributed by atoms with Crippen LogP contribution in [0.5, 0.6) is 0 Å². The van der Waals surface area contributed by atoms with Crippen LogP contribution >= 0.6 is 0 Å². The highest BCUT2D eigenvalue weighted by Gasteiger charge is 2.03. The Morgan fingerprint density at radius 1 is 1.40 bits per heavy atom. The van der Waals surface area contributed by atoms with Crippen LogP contribution in [0, 0.1) is 6.92 Å². The minimum absolute atomic E-state index is 0.176. The number of hydrogen-bond donors (Lipinski definition) is 1. The molecule has 0 saturated carbocycles. The first-order valence-electron chi connectivity index (χ1n) is 4.37. The lowest BCUT2D eigenvalue weighted by atomic mass is 10.3. The Morgan fingerprint density at radius 2 is 2.20 bits per heavy atom. The largest absolute Gasteiger partial charge is 0.478 e. The fourth-order valence-corrected chi connectivity index (χ4v) is 1.21. The molecule has 0 saturated heterocycles. The Labute approximate surface area is 86.0 Å². The summed E-state index contributed by atoms with van der Waals surface area (Å²) < 4.78 is 1.74. The first-order chi connectivity index (χ1) is 7.16. The Hall–Kier alpha value is -2.17. The van der Waals surface area contributed by atoms with Crippen molar-refractivity contribution >= 4 is 5.97 Å². The molecular weight excluding hydrogens is 194 g/mol. The monoisotopic (exact) mass is 203 g/mol. The van der Waals surface area contributed by atoms with Gasteiger partial charge in [-0.05, 0) is 19.1 Å². The molecule has 0 spiro atoms. The number of aromatic nitrogens is 3. The van der Waals surface area contributed by atoms with Crippen molar-refractivity contribution in [1.82, 2.24) is 14.5 Å². The Bertz CT molecular complexity index is 488. The first kappa shape index (κ1) is 9.39. The summed E-state index contributed by atoms with van der Waals surface area (Å²) in [6.07, 6.45) is 4.79. The van der Waals surface area contributed by atoms with Gasteiger partial charge < -0.3 is 5.11 Å². The Balaban J connectivity index is 2.35. The molecule has 0 fully saturated rings. The highest BCUT2D eigenvalue weighted by atomic mass is 16.4. The van der Waals surface area contributed by atoms with Gasteiger partial charge in [0.1, 0.15) is 12.1 Å². The summed E-state index contributed by atoms with van der Waals surface area (Å²) in [5, 5.41) is 8.69. The van der Waals surface area contributed by atoms with Crippen molar-refractivity contribution in [3.8, 4) is 5.82 Å². The number of imidazole rings is 1. The van der Waals surface area contributed by atoms with Gasteiger partial charge in [0, 0.05) is 12.4 Å². The zero-order valence-corrected chi connectivity index (χ0v) is 8.08. The lowest BCUT2D eigenvalue weighted by molar-refractivity contribution is 0.0696. The zero-order valence-electron chi connectivity index (χ0n) is 8.08. The molecule has 5 heteroatoms. The van der Waals surface area contributed by atoms with Gasteiger partial charge in [-0.3, -0.25) is 4.57 Å². The van der Waals surface area contributed by atoms with Gasteiger partial charge >= 0.3 is 5.97 Å². The number of carboxylic acids is 1. The maximum atomic E-state index is 10.6. The highest BCUT2D eigenvalue weighted by molar-refractivity contribution is 5.87. The molecule has 2 rings (SSSR count). The lowest BCUT2D eigenvalue weighted by Crippen LogP contribution is -1.99. The predicted octanol–water partition coefficient (Wildman–Crippen LogP) is 1.27. The fourth-order valence-electron chi connectivity index (χ4n) is 1.21. The van der Waals surface area contributed by atoms with Crippen LogP contribution in [-0.4, -0.2) is 25.6 Å². The van der Waals surface area contributed by atoms with E-state index < -0.39 is 5.97 Å². The molecule has 0 radical (unpaired) electrons. The molecule has 2 aromatic rings. The summed E-state index contributed by atoms with van der Waals surface area (Å²) >= 11 is 0. The van der Waals surface area contributed by atoms with E-state index in [0.717, 1.165) is 5.69 Å². The van der Waals surface area contributed by atoms with E-state index in [1.807, 2.05) is 13.1 Å². The number of rotatable bonds is 2. The van der Waals surface area contributed by atoms with Crippen molar-refractivity contribution < 1.29 is 9.90 Å². The van der Waals surface area contributed by atoms with Crippen molar-refractivity contribution in [1.29, 1.82) is 0 Å². The van der Waals surface area contributed by atoms with Gasteiger partial charge in [0.25, 0.3) is 0 Å². The molecule has 2 aromatic heterocycles. The lowest BCUT2D eigenvalue weighted by Gasteiger charge is -2.00. The summed E-state index contributed by atoms with van der Waals surface area (Å²) in [4.78, 5) is 18.7. The zero-order chi connectivity index (χ0) is 10.8. The summed E-state index contributed by atoms with van der Waals surface area (Å²) in [5.74, 6) is -0.323. The van der Waals surface area contributed by atoms with Crippen molar-refractivity contribution in [2.24, 2.45) is 0 Å². The third-order valence-corrected chi connectivity index (χ3v) is 1.97. The normalized spacial score (nSPS) is 10.2. The molecular formula is C10H9N3O2. The first-order valence-corrected chi connectivity index (χ1v) is 4.37. The average Bonchev–Trinajstić information content (AvgIpc) is 2.65. The standard InChI is InChI=1S/C10H9N3O2/c1-7-5-13(6-12-7)9-3-2-8(4-11-9)10(14)15/h2-6H,1H3,(H,14,15). The van der Waals surface area contributed by atoms with Crippen molar-refractivity contribution in [3.63, 3.8) is 0 Å². The molecule has 0 aromatic carbocycles. The van der Waals surface area contributed by atoms with Crippen LogP contribution in [0.15, 0.2) is 30.9 Å². The fraction of sp³-hybridized carbons (Fsp3) is 0.100. The number of aromatic carboxylic acids is 1. The molecule has 0 atom stereocenters. The number of carboxylic acid groups (broad SMARTS) is 1. The molecule has 0 bridgehead atoms. The molecule has 0 amide bonds. The van der Waals surface area contributed by atoms with E-state index in [2.05, 4.69) is 9.97 Å². The van der Waals surface area contributed by atoms with Gasteiger partial charge in [0.2, 0.25) is 0 Å². The molecule has 0 aliphatic rings. The quantitative estimate of drug-likeness (QED) is 0.798. The SMILES string of the molecule is Cc1cn(-c2ccc(C(=O)O)cn2)cn1. The van der Waals surface area contributed by atoms with E-state index in [9.17, 15) is 4.79 Å². The van der Waals surface area contributed by atoms with E-state index in [-0.39, 0.29) is 5.56 Å². The second-order valence-electron chi connectivity index (χ2n) is 3.13. The average molecular weight is 203 g/mol. The molecule has 0 unspecified atom stereocenters. The number of nitrogens with zero attached hydrogens (tertiary/aromatic N) is 3. The van der Waals surface area contributed by atoms with Crippen LogP contribution in [-0.2, 0) is 0 Å². The molecule has 1 N–H and O–H groups in total. The maximum Gasteiger partial charge on any atom is 0.337 e. The van der Waals surface area contributed by atoms with Crippen molar-refractivity contribution in [3.05, 3.63) is 42.1 Å². The van der Waals surface area contributed by atoms with E-state index in [1.165, 1.54) is 12.3 Å². The topological polar surface area (TPSA) is 68.0 Å². The van der Waals surface area contributed by atoms with Crippen LogP contribution in [0.3, 0.4) is 0 Å². The van der Waals surface area contributed by atoms with Crippen LogP contribution in [0.1, 0.15) is 16.1 Å². The van der Waals surface area contributed by atoms with Gasteiger partial charge in [-0.25, -0.2) is 14.8 Å². The van der Waals surface area contributed by atoms with E-state index >= 15 is 0 Å². The second kappa shape index (κ2) is 3.53. The summed E-state index contributed by atoms with van der Waals surface area (Å²) in [5.41, 5.74) is 1.06. The molecule has 5 nitrogen and oxygen atoms in total. The number of aryl methyl sites for hydroxylation is 1. The number of pyridine rings is 1. The van der Waals surface area contributed by atoms with Gasteiger partial charge in [-0.1, -0.05) is 0 Å². The van der Waals surface area contributed by atoms with Crippen LogP contribution in [0.2, 0.25) is 0 Å². The summed E-state index contributed by atoms with van der Waals surface area (Å²) in [7, 11) is 0. The van der Waals surface area contributed by atoms with Gasteiger partial charge in [0.05, 0.1) is 11.3 Å². The predicted molar refractivity (Wildman–Crippen MR) is 53.1 cm³/mol. The van der Waals surface area contributed by atoms with Crippen LogP contribution < -0.4 is 0 Å². The maximum absolute atomic E-state index is 10.6. The van der Waals surface area contributed by atoms with E-state index in [4.69, 9.17) is 5.11 Å². The smallest absolute Gasteiger partial charge is 0.337 e. The third-order valence-electron chi connectivity index (χ3n) is 1.97. The highest BCUT2D eigenvalue weighted by Crippen LogP contribution is 2.06. The molecule has 76 valence electrons. The molecule has 15 heavy (non-hydrogen) atoms. The van der Waals surface area contributed by atoms with Crippen LogP contribution in [0.4, 0.5) is 0 Å². The van der Waals surface area contributed by atoms with Crippen molar-refractivity contribution in [2.75, 3.05) is 0 Å². The van der Waals surface area contributed by atoms with Crippen LogP contribution in [0.25, 0.3) is 5.82 Å². The Morgan fingerprint density at radius 3 is 2.67 bits per heavy atom. The molecule has 0 aliphatic carbocycles. The van der Waals surface area contributed by atoms with Gasteiger partial charge in [0.15, 0.2) is 0 Å². The number of carbonyl (C=O) groups is 1. The Kier molecular flexibility index (Phi) is 2.21. The van der Waals surface area contributed by atoms with E-state index in [0.29, 0.717) is 5.82 Å². The number of hydrogen-bond acceptors (Lipinski definition) is 3. The van der Waals surface area contributed by atoms with Gasteiger partial charge in [-0.15, -0.1) is 0 Å². The van der Waals surface area contributed by atoms with E-state index in [1.54, 1.807) is 17.0 Å². The van der Waals surface area contributed by atoms with Gasteiger partial charge in [-0.2, -0.15) is 0 Å². The second-order valence-corrected chi connectivity index (χ2v) is 3.13. The minimum Gasteiger partial charge on any atom is -0.478 e. The molecule has 2 heterocycles. The minimum atomic E-state index is -0.976. The third kappa shape index (κ3) is 1.85. The summed E-state index contributed by atoms with van der Waals surface area (Å²) in [6.45, 7) is 1.88. The van der Waals surface area contributed by atoms with Crippen molar-refractivity contribution in [2.45, 2.75) is 6.92 Å². The summed E-state index contributed by atoms with van der Waals surface area (Å²) in [6, 6.07) is 3.16.